The van der Waals surface area contributed by atoms with Crippen molar-refractivity contribution in [2.24, 2.45) is 0 Å². The summed E-state index contributed by atoms with van der Waals surface area (Å²) in [5, 5.41) is 0.552. The summed E-state index contributed by atoms with van der Waals surface area (Å²) in [5.41, 5.74) is 1.02. The van der Waals surface area contributed by atoms with E-state index >= 15 is 0 Å². The summed E-state index contributed by atoms with van der Waals surface area (Å²) in [6.45, 7) is 5.19. The van der Waals surface area contributed by atoms with E-state index in [0.717, 1.165) is 6.42 Å². The number of hydrogen-bond acceptors (Lipinski definition) is 5. The van der Waals surface area contributed by atoms with Gasteiger partial charge in [0.25, 0.3) is 11.5 Å². The molecule has 164 valence electrons. The van der Waals surface area contributed by atoms with Crippen LogP contribution in [0.15, 0.2) is 53.3 Å². The van der Waals surface area contributed by atoms with Crippen molar-refractivity contribution in [3.63, 3.8) is 0 Å². The van der Waals surface area contributed by atoms with E-state index in [9.17, 15) is 9.59 Å². The number of amides is 1. The topological polar surface area (TPSA) is 73.7 Å². The van der Waals surface area contributed by atoms with Gasteiger partial charge in [0.05, 0.1) is 37.2 Å². The first-order valence-corrected chi connectivity index (χ1v) is 10.4. The van der Waals surface area contributed by atoms with Gasteiger partial charge in [-0.05, 0) is 43.7 Å². The predicted octanol–water partition coefficient (Wildman–Crippen LogP) is 3.66. The summed E-state index contributed by atoms with van der Waals surface area (Å²) in [5.74, 6) is 1.04. The second-order valence-corrected chi connectivity index (χ2v) is 7.34. The fraction of sp³-hybridized carbons (Fsp3) is 0.375. The van der Waals surface area contributed by atoms with Crippen LogP contribution in [0.25, 0.3) is 10.9 Å². The number of rotatable bonds is 9. The maximum Gasteiger partial charge on any atom is 0.261 e. The van der Waals surface area contributed by atoms with Gasteiger partial charge in [0.1, 0.15) is 11.6 Å². The molecule has 0 saturated carbocycles. The summed E-state index contributed by atoms with van der Waals surface area (Å²) in [4.78, 5) is 33.2. The Balaban J connectivity index is 2.09. The first-order valence-electron chi connectivity index (χ1n) is 10.4. The zero-order valence-electron chi connectivity index (χ0n) is 18.5. The number of carbonyl (C=O) groups excluding carboxylic acids is 1. The first-order chi connectivity index (χ1) is 15.0. The number of aromatic nitrogens is 2. The standard InChI is InChI=1S/C24H29N3O4/c1-5-13-26(23(28)18-9-8-10-19(16-18)31-4)17(2)22-25-21-12-7-6-11-20(21)24(29)27(22)14-15-30-3/h6-12,16-17H,5,13-15H2,1-4H3. The summed E-state index contributed by atoms with van der Waals surface area (Å²) >= 11 is 0. The summed E-state index contributed by atoms with van der Waals surface area (Å²) < 4.78 is 12.1. The minimum absolute atomic E-state index is 0.130. The molecule has 1 unspecified atom stereocenters. The van der Waals surface area contributed by atoms with Gasteiger partial charge in [-0.3, -0.25) is 14.2 Å². The van der Waals surface area contributed by atoms with E-state index in [1.54, 1.807) is 54.0 Å². The van der Waals surface area contributed by atoms with Crippen molar-refractivity contribution in [3.8, 4) is 5.75 Å². The van der Waals surface area contributed by atoms with Gasteiger partial charge in [0, 0.05) is 19.2 Å². The lowest BCUT2D eigenvalue weighted by molar-refractivity contribution is 0.0677. The highest BCUT2D eigenvalue weighted by atomic mass is 16.5. The lowest BCUT2D eigenvalue weighted by Gasteiger charge is -2.30. The largest absolute Gasteiger partial charge is 0.497 e. The molecule has 0 N–H and O–H groups in total. The lowest BCUT2D eigenvalue weighted by Crippen LogP contribution is -2.38. The maximum atomic E-state index is 13.4. The van der Waals surface area contributed by atoms with Crippen molar-refractivity contribution in [3.05, 3.63) is 70.3 Å². The number of ether oxygens (including phenoxy) is 2. The fourth-order valence-corrected chi connectivity index (χ4v) is 3.68. The second kappa shape index (κ2) is 10.2. The Kier molecular flexibility index (Phi) is 7.41. The number of fused-ring (bicyclic) bond motifs is 1. The second-order valence-electron chi connectivity index (χ2n) is 7.34. The zero-order valence-corrected chi connectivity index (χ0v) is 18.5. The van der Waals surface area contributed by atoms with E-state index < -0.39 is 6.04 Å². The van der Waals surface area contributed by atoms with Gasteiger partial charge >= 0.3 is 0 Å². The molecule has 2 aromatic carbocycles. The number of carbonyl (C=O) groups is 1. The molecule has 3 aromatic rings. The molecule has 1 amide bonds. The van der Waals surface area contributed by atoms with Crippen LogP contribution in [-0.4, -0.2) is 47.7 Å². The Labute approximate surface area is 182 Å². The van der Waals surface area contributed by atoms with Crippen molar-refractivity contribution in [2.45, 2.75) is 32.9 Å². The Morgan fingerprint density at radius 1 is 1.16 bits per heavy atom. The quantitative estimate of drug-likeness (QED) is 0.525. The molecule has 0 aliphatic carbocycles. The molecule has 1 heterocycles. The molecular formula is C24H29N3O4. The number of hydrogen-bond donors (Lipinski definition) is 0. The van der Waals surface area contributed by atoms with Crippen molar-refractivity contribution in [1.29, 1.82) is 0 Å². The van der Waals surface area contributed by atoms with Crippen LogP contribution in [-0.2, 0) is 11.3 Å². The highest BCUT2D eigenvalue weighted by Gasteiger charge is 2.26. The number of benzene rings is 2. The maximum absolute atomic E-state index is 13.4. The number of para-hydroxylation sites is 1. The van der Waals surface area contributed by atoms with Gasteiger partial charge in [0.2, 0.25) is 0 Å². The molecule has 3 rings (SSSR count). The van der Waals surface area contributed by atoms with E-state index in [2.05, 4.69) is 0 Å². The SMILES string of the molecule is CCCN(C(=O)c1cccc(OC)c1)C(C)c1nc2ccccc2c(=O)n1CCOC. The van der Waals surface area contributed by atoms with Crippen molar-refractivity contribution in [1.82, 2.24) is 14.5 Å². The number of methoxy groups -OCH3 is 2. The van der Waals surface area contributed by atoms with Crippen LogP contribution in [0, 0.1) is 0 Å². The fourth-order valence-electron chi connectivity index (χ4n) is 3.68. The Morgan fingerprint density at radius 2 is 1.94 bits per heavy atom. The zero-order chi connectivity index (χ0) is 22.4. The van der Waals surface area contributed by atoms with Crippen LogP contribution in [0.5, 0.6) is 5.75 Å². The molecule has 7 nitrogen and oxygen atoms in total. The van der Waals surface area contributed by atoms with E-state index in [4.69, 9.17) is 14.5 Å². The molecular weight excluding hydrogens is 394 g/mol. The van der Waals surface area contributed by atoms with Crippen LogP contribution >= 0.6 is 0 Å². The average Bonchev–Trinajstić information content (AvgIpc) is 2.81. The summed E-state index contributed by atoms with van der Waals surface area (Å²) in [7, 11) is 3.17. The molecule has 0 bridgehead atoms. The van der Waals surface area contributed by atoms with Crippen molar-refractivity contribution in [2.75, 3.05) is 27.4 Å². The van der Waals surface area contributed by atoms with Crippen molar-refractivity contribution < 1.29 is 14.3 Å². The van der Waals surface area contributed by atoms with Gasteiger partial charge in [-0.2, -0.15) is 0 Å². The predicted molar refractivity (Wildman–Crippen MR) is 121 cm³/mol. The van der Waals surface area contributed by atoms with E-state index in [1.165, 1.54) is 0 Å². The minimum atomic E-state index is -0.409. The van der Waals surface area contributed by atoms with Crippen LogP contribution in [0.1, 0.15) is 42.5 Å². The van der Waals surface area contributed by atoms with Gasteiger partial charge in [-0.25, -0.2) is 4.98 Å². The molecule has 7 heteroatoms. The Bertz CT molecular complexity index is 1110. The highest BCUT2D eigenvalue weighted by molar-refractivity contribution is 5.95. The van der Waals surface area contributed by atoms with E-state index in [1.807, 2.05) is 32.0 Å². The molecule has 0 radical (unpaired) electrons. The third-order valence-electron chi connectivity index (χ3n) is 5.29. The van der Waals surface area contributed by atoms with E-state index in [0.29, 0.717) is 47.7 Å². The molecule has 0 spiro atoms. The van der Waals surface area contributed by atoms with Gasteiger partial charge < -0.3 is 14.4 Å². The summed E-state index contributed by atoms with van der Waals surface area (Å²) in [6.07, 6.45) is 0.774. The van der Waals surface area contributed by atoms with Crippen LogP contribution < -0.4 is 10.3 Å². The first kappa shape index (κ1) is 22.5. The van der Waals surface area contributed by atoms with Gasteiger partial charge in [-0.15, -0.1) is 0 Å². The molecule has 1 aromatic heterocycles. The van der Waals surface area contributed by atoms with Crippen LogP contribution in [0.2, 0.25) is 0 Å². The van der Waals surface area contributed by atoms with Crippen molar-refractivity contribution >= 4 is 16.8 Å². The molecule has 0 aliphatic rings. The molecule has 31 heavy (non-hydrogen) atoms. The molecule has 0 saturated heterocycles. The van der Waals surface area contributed by atoms with Gasteiger partial charge in [0.15, 0.2) is 0 Å². The lowest BCUT2D eigenvalue weighted by atomic mass is 10.1. The summed E-state index contributed by atoms with van der Waals surface area (Å²) in [6, 6.07) is 14.0. The third kappa shape index (κ3) is 4.77. The molecule has 1 atom stereocenters. The monoisotopic (exact) mass is 423 g/mol. The normalized spacial score (nSPS) is 12.0. The minimum Gasteiger partial charge on any atom is -0.497 e. The Morgan fingerprint density at radius 3 is 2.65 bits per heavy atom. The Hall–Kier alpha value is -3.19. The highest BCUT2D eigenvalue weighted by Crippen LogP contribution is 2.24. The smallest absolute Gasteiger partial charge is 0.261 e. The van der Waals surface area contributed by atoms with Crippen LogP contribution in [0.3, 0.4) is 0 Å². The average molecular weight is 424 g/mol. The molecule has 0 aliphatic heterocycles. The van der Waals surface area contributed by atoms with Gasteiger partial charge in [-0.1, -0.05) is 25.1 Å². The number of nitrogens with zero attached hydrogens (tertiary/aromatic N) is 3. The third-order valence-corrected chi connectivity index (χ3v) is 5.29. The molecule has 0 fully saturated rings. The van der Waals surface area contributed by atoms with E-state index in [-0.39, 0.29) is 11.5 Å². The van der Waals surface area contributed by atoms with Crippen LogP contribution in [0.4, 0.5) is 0 Å².